The first-order valence-corrected chi connectivity index (χ1v) is 6.70. The van der Waals surface area contributed by atoms with E-state index in [4.69, 9.17) is 4.74 Å². The van der Waals surface area contributed by atoms with Gasteiger partial charge in [-0.15, -0.1) is 0 Å². The molecular weight excluding hydrogens is 358 g/mol. The van der Waals surface area contributed by atoms with Gasteiger partial charge in [-0.05, 0) is 40.3 Å². The molecule has 0 radical (unpaired) electrons. The minimum Gasteiger partial charge on any atom is -0.379 e. The molecule has 1 aliphatic rings. The van der Waals surface area contributed by atoms with Gasteiger partial charge in [0.05, 0.1) is 13.2 Å². The van der Waals surface area contributed by atoms with E-state index in [1.54, 1.807) is 18.2 Å². The summed E-state index contributed by atoms with van der Waals surface area (Å²) in [6.45, 7) is 1.35. The maximum Gasteiger partial charge on any atom is 0.408 e. The highest BCUT2D eigenvalue weighted by molar-refractivity contribution is 14.1. The zero-order chi connectivity index (χ0) is 13.2. The highest BCUT2D eigenvalue weighted by atomic mass is 127. The Bertz CT molecular complexity index is 405. The zero-order valence-corrected chi connectivity index (χ0v) is 11.7. The third-order valence-corrected chi connectivity index (χ3v) is 3.56. The van der Waals surface area contributed by atoms with Gasteiger partial charge in [-0.1, -0.05) is 12.1 Å². The molecule has 0 N–H and O–H groups in total. The Kier molecular flexibility index (Phi) is 4.50. The molecule has 0 aromatic heterocycles. The number of hydrogen-bond acceptors (Lipinski definition) is 2. The van der Waals surface area contributed by atoms with Gasteiger partial charge in [-0.2, -0.15) is 13.2 Å². The van der Waals surface area contributed by atoms with Gasteiger partial charge in [-0.25, -0.2) is 0 Å². The molecule has 1 heterocycles. The van der Waals surface area contributed by atoms with E-state index in [-0.39, 0.29) is 0 Å². The summed E-state index contributed by atoms with van der Waals surface area (Å²) in [5, 5.41) is 0. The van der Waals surface area contributed by atoms with Gasteiger partial charge >= 0.3 is 6.18 Å². The maximum absolute atomic E-state index is 13.2. The molecule has 1 atom stereocenters. The first kappa shape index (κ1) is 14.1. The summed E-state index contributed by atoms with van der Waals surface area (Å²) in [6.07, 6.45) is -4.26. The molecule has 0 amide bonds. The van der Waals surface area contributed by atoms with E-state index in [1.807, 2.05) is 22.6 Å². The average Bonchev–Trinajstić information content (AvgIpc) is 2.28. The third-order valence-electron chi connectivity index (χ3n) is 2.89. The lowest BCUT2D eigenvalue weighted by atomic mass is 10.0. The van der Waals surface area contributed by atoms with Crippen LogP contribution in [0.3, 0.4) is 0 Å². The van der Waals surface area contributed by atoms with Crippen LogP contribution in [0.2, 0.25) is 0 Å². The molecule has 1 aromatic rings. The largest absolute Gasteiger partial charge is 0.408 e. The minimum absolute atomic E-state index is 0.302. The van der Waals surface area contributed by atoms with Crippen LogP contribution in [-0.4, -0.2) is 37.4 Å². The molecule has 100 valence electrons. The van der Waals surface area contributed by atoms with Crippen molar-refractivity contribution in [1.82, 2.24) is 4.90 Å². The fraction of sp³-hybridized carbons (Fsp3) is 0.500. The number of benzene rings is 1. The van der Waals surface area contributed by atoms with Crippen LogP contribution in [-0.2, 0) is 4.74 Å². The summed E-state index contributed by atoms with van der Waals surface area (Å²) in [6, 6.07) is 5.05. The van der Waals surface area contributed by atoms with Crippen molar-refractivity contribution in [2.75, 3.05) is 26.3 Å². The van der Waals surface area contributed by atoms with E-state index in [9.17, 15) is 13.2 Å². The van der Waals surface area contributed by atoms with E-state index >= 15 is 0 Å². The fourth-order valence-corrected chi connectivity index (χ4v) is 2.69. The Balaban J connectivity index is 2.30. The van der Waals surface area contributed by atoms with Gasteiger partial charge in [0.2, 0.25) is 0 Å². The van der Waals surface area contributed by atoms with E-state index in [2.05, 4.69) is 0 Å². The van der Waals surface area contributed by atoms with Crippen molar-refractivity contribution < 1.29 is 17.9 Å². The number of ether oxygens (including phenoxy) is 1. The lowest BCUT2D eigenvalue weighted by Gasteiger charge is -2.35. The second-order valence-electron chi connectivity index (χ2n) is 4.15. The quantitative estimate of drug-likeness (QED) is 0.741. The molecule has 1 aliphatic heterocycles. The molecule has 0 aliphatic carbocycles. The van der Waals surface area contributed by atoms with Crippen LogP contribution in [0.4, 0.5) is 13.2 Å². The van der Waals surface area contributed by atoms with E-state index in [0.29, 0.717) is 31.9 Å². The van der Waals surface area contributed by atoms with Crippen molar-refractivity contribution >= 4 is 22.6 Å². The molecule has 6 heteroatoms. The van der Waals surface area contributed by atoms with Gasteiger partial charge in [0.1, 0.15) is 6.04 Å². The minimum atomic E-state index is -4.26. The van der Waals surface area contributed by atoms with Gasteiger partial charge in [0, 0.05) is 16.7 Å². The lowest BCUT2D eigenvalue weighted by Crippen LogP contribution is -2.44. The molecule has 2 rings (SSSR count). The van der Waals surface area contributed by atoms with Crippen LogP contribution in [0.1, 0.15) is 11.6 Å². The Hall–Kier alpha value is -0.340. The molecule has 0 saturated carbocycles. The van der Waals surface area contributed by atoms with Gasteiger partial charge < -0.3 is 4.74 Å². The SMILES string of the molecule is FC(F)(F)C(c1cccc(I)c1)N1CCOCC1. The highest BCUT2D eigenvalue weighted by Gasteiger charge is 2.44. The number of rotatable bonds is 2. The molecule has 1 fully saturated rings. The van der Waals surface area contributed by atoms with Crippen LogP contribution >= 0.6 is 22.6 Å². The summed E-state index contributed by atoms with van der Waals surface area (Å²) in [5.41, 5.74) is 0.302. The third kappa shape index (κ3) is 3.36. The first-order valence-electron chi connectivity index (χ1n) is 5.62. The first-order chi connectivity index (χ1) is 8.48. The molecule has 0 bridgehead atoms. The predicted octanol–water partition coefficient (Wildman–Crippen LogP) is 3.23. The van der Waals surface area contributed by atoms with Crippen molar-refractivity contribution in [2.24, 2.45) is 0 Å². The van der Waals surface area contributed by atoms with Gasteiger partial charge in [0.15, 0.2) is 0 Å². The second kappa shape index (κ2) is 5.75. The normalized spacial score (nSPS) is 19.8. The number of hydrogen-bond donors (Lipinski definition) is 0. The molecule has 2 nitrogen and oxygen atoms in total. The number of halogens is 4. The number of morpholine rings is 1. The van der Waals surface area contributed by atoms with E-state index in [1.165, 1.54) is 11.0 Å². The van der Waals surface area contributed by atoms with Gasteiger partial charge in [0.25, 0.3) is 0 Å². The molecule has 1 saturated heterocycles. The van der Waals surface area contributed by atoms with E-state index in [0.717, 1.165) is 3.57 Å². The Morgan fingerprint density at radius 2 is 1.89 bits per heavy atom. The number of nitrogens with zero attached hydrogens (tertiary/aromatic N) is 1. The predicted molar refractivity (Wildman–Crippen MR) is 70.3 cm³/mol. The fourth-order valence-electron chi connectivity index (χ4n) is 2.12. The van der Waals surface area contributed by atoms with Crippen molar-refractivity contribution in [1.29, 1.82) is 0 Å². The summed E-state index contributed by atoms with van der Waals surface area (Å²) >= 11 is 2.03. The molecular formula is C12H13F3INO. The molecule has 1 unspecified atom stereocenters. The van der Waals surface area contributed by atoms with Crippen LogP contribution in [0.15, 0.2) is 24.3 Å². The summed E-state index contributed by atoms with van der Waals surface area (Å²) in [7, 11) is 0. The molecule has 1 aromatic carbocycles. The van der Waals surface area contributed by atoms with Crippen LogP contribution < -0.4 is 0 Å². The van der Waals surface area contributed by atoms with E-state index < -0.39 is 12.2 Å². The average molecular weight is 371 g/mol. The summed E-state index contributed by atoms with van der Waals surface area (Å²) in [5.74, 6) is 0. The lowest BCUT2D eigenvalue weighted by molar-refractivity contribution is -0.194. The van der Waals surface area contributed by atoms with Crippen molar-refractivity contribution in [3.8, 4) is 0 Å². The number of alkyl halides is 3. The molecule has 0 spiro atoms. The highest BCUT2D eigenvalue weighted by Crippen LogP contribution is 2.38. The smallest absolute Gasteiger partial charge is 0.379 e. The molecule has 18 heavy (non-hydrogen) atoms. The van der Waals surface area contributed by atoms with Crippen molar-refractivity contribution in [3.05, 3.63) is 33.4 Å². The van der Waals surface area contributed by atoms with Crippen LogP contribution in [0.25, 0.3) is 0 Å². The van der Waals surface area contributed by atoms with Crippen LogP contribution in [0.5, 0.6) is 0 Å². The Morgan fingerprint density at radius 1 is 1.22 bits per heavy atom. The summed E-state index contributed by atoms with van der Waals surface area (Å²) in [4.78, 5) is 1.44. The Morgan fingerprint density at radius 3 is 2.44 bits per heavy atom. The zero-order valence-electron chi connectivity index (χ0n) is 9.58. The van der Waals surface area contributed by atoms with Crippen LogP contribution in [0, 0.1) is 3.57 Å². The summed E-state index contributed by atoms with van der Waals surface area (Å²) < 4.78 is 45.6. The standard InChI is InChI=1S/C12H13F3INO/c13-12(14,15)11(17-4-6-18-7-5-17)9-2-1-3-10(16)8-9/h1-3,8,11H,4-7H2. The maximum atomic E-state index is 13.2. The topological polar surface area (TPSA) is 12.5 Å². The Labute approximate surface area is 117 Å². The van der Waals surface area contributed by atoms with Crippen molar-refractivity contribution in [2.45, 2.75) is 12.2 Å². The van der Waals surface area contributed by atoms with Crippen molar-refractivity contribution in [3.63, 3.8) is 0 Å². The second-order valence-corrected chi connectivity index (χ2v) is 5.39. The van der Waals surface area contributed by atoms with Gasteiger partial charge in [-0.3, -0.25) is 4.90 Å². The monoisotopic (exact) mass is 371 g/mol.